The lowest BCUT2D eigenvalue weighted by atomic mass is 9.67. The Kier molecular flexibility index (Phi) is 5.19. The highest BCUT2D eigenvalue weighted by Crippen LogP contribution is 2.54. The molecule has 3 rings (SSSR count). The highest BCUT2D eigenvalue weighted by Gasteiger charge is 2.45. The van der Waals surface area contributed by atoms with Gasteiger partial charge >= 0.3 is 0 Å². The van der Waals surface area contributed by atoms with Gasteiger partial charge in [0.15, 0.2) is 0 Å². The first-order chi connectivity index (χ1) is 12.9. The van der Waals surface area contributed by atoms with E-state index in [0.717, 1.165) is 17.6 Å². The van der Waals surface area contributed by atoms with E-state index in [2.05, 4.69) is 101 Å². The minimum absolute atomic E-state index is 0.363. The molecule has 0 bridgehead atoms. The first kappa shape index (κ1) is 18.9. The molecule has 1 aliphatic carbocycles. The Labute approximate surface area is 164 Å². The molecular formula is C27H28. The summed E-state index contributed by atoms with van der Waals surface area (Å²) in [6.07, 6.45) is 7.19. The fourth-order valence-electron chi connectivity index (χ4n) is 4.26. The first-order valence-corrected chi connectivity index (χ1v) is 9.44. The van der Waals surface area contributed by atoms with Gasteiger partial charge in [0.05, 0.1) is 5.41 Å². The quantitative estimate of drug-likeness (QED) is 0.377. The Morgan fingerprint density at radius 3 is 2.37 bits per heavy atom. The Morgan fingerprint density at radius 2 is 1.74 bits per heavy atom. The van der Waals surface area contributed by atoms with Gasteiger partial charge in [-0.25, -0.2) is 0 Å². The summed E-state index contributed by atoms with van der Waals surface area (Å²) in [5.41, 5.74) is 9.42. The third-order valence-electron chi connectivity index (χ3n) is 5.51. The van der Waals surface area contributed by atoms with Gasteiger partial charge in [-0.1, -0.05) is 97.6 Å². The van der Waals surface area contributed by atoms with Gasteiger partial charge < -0.3 is 0 Å². The van der Waals surface area contributed by atoms with Gasteiger partial charge in [-0.05, 0) is 60.6 Å². The van der Waals surface area contributed by atoms with E-state index in [1.165, 1.54) is 33.4 Å². The highest BCUT2D eigenvalue weighted by molar-refractivity contribution is 5.89. The fraction of sp³-hybridized carbons (Fsp3) is 0.185. The Balaban J connectivity index is 2.32. The molecule has 2 aromatic carbocycles. The zero-order chi connectivity index (χ0) is 19.6. The number of fused-ring (bicyclic) bond motifs is 1. The van der Waals surface area contributed by atoms with Crippen LogP contribution < -0.4 is 0 Å². The summed E-state index contributed by atoms with van der Waals surface area (Å²) in [6, 6.07) is 17.4. The molecule has 1 atom stereocenters. The number of hydrogen-bond donors (Lipinski definition) is 0. The summed E-state index contributed by atoms with van der Waals surface area (Å²) in [4.78, 5) is 0. The number of aryl methyl sites for hydroxylation is 1. The van der Waals surface area contributed by atoms with Crippen LogP contribution in [-0.4, -0.2) is 0 Å². The smallest absolute Gasteiger partial charge is 0.0668 e. The van der Waals surface area contributed by atoms with Crippen LogP contribution in [0.25, 0.3) is 5.57 Å². The third-order valence-corrected chi connectivity index (χ3v) is 5.51. The SMILES string of the molecule is C=CC1=C(C)C(C(=C)/C=C\CC(=C)C)(c2ccccc2)c2cc(C)ccc21. The maximum Gasteiger partial charge on any atom is 0.0668 e. The monoisotopic (exact) mass is 352 g/mol. The van der Waals surface area contributed by atoms with Gasteiger partial charge in [0.1, 0.15) is 0 Å². The molecule has 0 aromatic heterocycles. The molecule has 0 N–H and O–H groups in total. The molecule has 0 amide bonds. The molecule has 0 spiro atoms. The molecule has 2 aromatic rings. The van der Waals surface area contributed by atoms with Crippen molar-refractivity contribution >= 4 is 5.57 Å². The van der Waals surface area contributed by atoms with Crippen molar-refractivity contribution in [2.45, 2.75) is 32.6 Å². The molecule has 136 valence electrons. The van der Waals surface area contributed by atoms with E-state index in [1.807, 2.05) is 6.08 Å². The molecule has 0 heteroatoms. The summed E-state index contributed by atoms with van der Waals surface area (Å²) in [5, 5.41) is 0. The maximum absolute atomic E-state index is 4.54. The van der Waals surface area contributed by atoms with Crippen LogP contribution in [0.5, 0.6) is 0 Å². The molecule has 0 fully saturated rings. The van der Waals surface area contributed by atoms with Gasteiger partial charge in [0.2, 0.25) is 0 Å². The van der Waals surface area contributed by atoms with Crippen LogP contribution in [0, 0.1) is 6.92 Å². The van der Waals surface area contributed by atoms with Crippen LogP contribution in [0.4, 0.5) is 0 Å². The van der Waals surface area contributed by atoms with Crippen LogP contribution in [-0.2, 0) is 5.41 Å². The van der Waals surface area contributed by atoms with Crippen LogP contribution in [0.2, 0.25) is 0 Å². The molecule has 0 saturated heterocycles. The van der Waals surface area contributed by atoms with Crippen molar-refractivity contribution in [1.82, 2.24) is 0 Å². The van der Waals surface area contributed by atoms with Crippen molar-refractivity contribution in [1.29, 1.82) is 0 Å². The predicted molar refractivity (Wildman–Crippen MR) is 119 cm³/mol. The number of benzene rings is 2. The van der Waals surface area contributed by atoms with E-state index in [4.69, 9.17) is 0 Å². The van der Waals surface area contributed by atoms with Gasteiger partial charge in [-0.2, -0.15) is 0 Å². The van der Waals surface area contributed by atoms with Crippen molar-refractivity contribution in [3.05, 3.63) is 125 Å². The molecular weight excluding hydrogens is 324 g/mol. The van der Waals surface area contributed by atoms with E-state index < -0.39 is 0 Å². The van der Waals surface area contributed by atoms with Crippen molar-refractivity contribution in [2.75, 3.05) is 0 Å². The number of rotatable bonds is 6. The second kappa shape index (κ2) is 7.40. The zero-order valence-electron chi connectivity index (χ0n) is 16.7. The lowest BCUT2D eigenvalue weighted by molar-refractivity contribution is 0.743. The highest BCUT2D eigenvalue weighted by atomic mass is 14.5. The summed E-state index contributed by atoms with van der Waals surface area (Å²) in [5.74, 6) is 0. The molecule has 0 aliphatic heterocycles. The molecule has 1 aliphatic rings. The normalized spacial score (nSPS) is 18.6. The fourth-order valence-corrected chi connectivity index (χ4v) is 4.26. The largest absolute Gasteiger partial charge is 0.0998 e. The van der Waals surface area contributed by atoms with Crippen molar-refractivity contribution in [3.63, 3.8) is 0 Å². The summed E-state index contributed by atoms with van der Waals surface area (Å²) >= 11 is 0. The topological polar surface area (TPSA) is 0 Å². The lowest BCUT2D eigenvalue weighted by Crippen LogP contribution is -2.29. The molecule has 27 heavy (non-hydrogen) atoms. The van der Waals surface area contributed by atoms with Gasteiger partial charge in [0, 0.05) is 0 Å². The average Bonchev–Trinajstić information content (AvgIpc) is 2.89. The second-order valence-corrected chi connectivity index (χ2v) is 7.50. The third kappa shape index (κ3) is 3.06. The average molecular weight is 353 g/mol. The van der Waals surface area contributed by atoms with E-state index >= 15 is 0 Å². The summed E-state index contributed by atoms with van der Waals surface area (Å²) in [7, 11) is 0. The Bertz CT molecular complexity index is 966. The van der Waals surface area contributed by atoms with Crippen LogP contribution in [0.3, 0.4) is 0 Å². The van der Waals surface area contributed by atoms with Gasteiger partial charge in [-0.15, -0.1) is 0 Å². The second-order valence-electron chi connectivity index (χ2n) is 7.50. The van der Waals surface area contributed by atoms with Crippen LogP contribution in [0.15, 0.2) is 103 Å². The van der Waals surface area contributed by atoms with Crippen LogP contribution in [0.1, 0.15) is 42.5 Å². The van der Waals surface area contributed by atoms with Crippen molar-refractivity contribution in [3.8, 4) is 0 Å². The van der Waals surface area contributed by atoms with E-state index in [1.54, 1.807) is 0 Å². The minimum Gasteiger partial charge on any atom is -0.0998 e. The molecule has 0 nitrogen and oxygen atoms in total. The zero-order valence-corrected chi connectivity index (χ0v) is 16.7. The Hall–Kier alpha value is -2.86. The number of allylic oxidation sites excluding steroid dienone is 7. The first-order valence-electron chi connectivity index (χ1n) is 9.44. The molecule has 0 heterocycles. The molecule has 1 unspecified atom stereocenters. The van der Waals surface area contributed by atoms with Crippen molar-refractivity contribution < 1.29 is 0 Å². The van der Waals surface area contributed by atoms with Crippen LogP contribution >= 0.6 is 0 Å². The standard InChI is InChI=1S/C27H28/c1-7-24-22(6)27(23-14-9-8-10-15-23,21(5)13-11-12-19(2)3)26-18-20(4)16-17-25(24)26/h7-11,13-18H,1-2,5,12H2,3-4,6H3/b13-11-. The van der Waals surface area contributed by atoms with E-state index in [0.29, 0.717) is 0 Å². The lowest BCUT2D eigenvalue weighted by Gasteiger charge is -2.35. The number of hydrogen-bond acceptors (Lipinski definition) is 0. The Morgan fingerprint density at radius 1 is 1.04 bits per heavy atom. The summed E-state index contributed by atoms with van der Waals surface area (Å²) < 4.78 is 0. The minimum atomic E-state index is -0.363. The molecule has 0 radical (unpaired) electrons. The predicted octanol–water partition coefficient (Wildman–Crippen LogP) is 7.33. The van der Waals surface area contributed by atoms with Gasteiger partial charge in [0.25, 0.3) is 0 Å². The maximum atomic E-state index is 4.54. The van der Waals surface area contributed by atoms with Gasteiger partial charge in [-0.3, -0.25) is 0 Å². The summed E-state index contributed by atoms with van der Waals surface area (Å²) in [6.45, 7) is 19.1. The van der Waals surface area contributed by atoms with E-state index in [9.17, 15) is 0 Å². The van der Waals surface area contributed by atoms with E-state index in [-0.39, 0.29) is 5.41 Å². The molecule has 0 saturated carbocycles. The van der Waals surface area contributed by atoms with Crippen molar-refractivity contribution in [2.24, 2.45) is 0 Å².